The number of aromatic nitrogens is 3. The van der Waals surface area contributed by atoms with E-state index in [0.717, 1.165) is 16.9 Å². The zero-order valence-electron chi connectivity index (χ0n) is 15.8. The number of nitrogens with two attached hydrogens (primary N) is 1. The van der Waals surface area contributed by atoms with Crippen LogP contribution in [0.25, 0.3) is 0 Å². The van der Waals surface area contributed by atoms with E-state index in [1.165, 1.54) is 6.07 Å². The summed E-state index contributed by atoms with van der Waals surface area (Å²) in [7, 11) is 0. The van der Waals surface area contributed by atoms with Crippen LogP contribution in [-0.4, -0.2) is 32.5 Å². The van der Waals surface area contributed by atoms with E-state index in [1.807, 2.05) is 0 Å². The van der Waals surface area contributed by atoms with Crippen LogP contribution in [0.4, 0.5) is 27.6 Å². The van der Waals surface area contributed by atoms with E-state index in [0.29, 0.717) is 0 Å². The first kappa shape index (κ1) is 22.9. The van der Waals surface area contributed by atoms with Gasteiger partial charge in [0, 0.05) is 31.3 Å². The third-order valence-electron chi connectivity index (χ3n) is 4.95. The van der Waals surface area contributed by atoms with Gasteiger partial charge >= 0.3 is 6.18 Å². The molecule has 2 heterocycles. The number of hydrogen-bond donors (Lipinski definition) is 2. The molecule has 0 saturated heterocycles. The van der Waals surface area contributed by atoms with Crippen LogP contribution in [0, 0.1) is 5.92 Å². The maximum absolute atomic E-state index is 13.6. The molecular weight excluding hydrogens is 449 g/mol. The van der Waals surface area contributed by atoms with Gasteiger partial charge in [0.05, 0.1) is 0 Å². The highest BCUT2D eigenvalue weighted by Crippen LogP contribution is 2.40. The number of nitrogens with zero attached hydrogens (tertiary/aromatic N) is 3. The highest BCUT2D eigenvalue weighted by molar-refractivity contribution is 6.31. The Labute approximate surface area is 177 Å². The lowest BCUT2D eigenvalue weighted by Crippen LogP contribution is -2.29. The summed E-state index contributed by atoms with van der Waals surface area (Å²) in [6, 6.07) is 2.35. The standard InChI is InChI=1S/C18H17ClF5N5O2/c19-14-12(18(22,23)24)13(16(31)27-10-3-6-26-11(7-10)15(25)30)29(28-14)8-9-1-4-17(20,21)5-2-9/h3,6-7,9H,1-2,4-5,8H2,(H2,25,30)(H,26,27,31). The van der Waals surface area contributed by atoms with Gasteiger partial charge in [-0.2, -0.15) is 18.3 Å². The van der Waals surface area contributed by atoms with E-state index in [2.05, 4.69) is 15.4 Å². The summed E-state index contributed by atoms with van der Waals surface area (Å²) in [6.07, 6.45) is -4.50. The highest BCUT2D eigenvalue weighted by atomic mass is 35.5. The molecule has 7 nitrogen and oxygen atoms in total. The van der Waals surface area contributed by atoms with Crippen molar-refractivity contribution in [1.82, 2.24) is 14.8 Å². The van der Waals surface area contributed by atoms with Gasteiger partial charge in [-0.25, -0.2) is 8.78 Å². The van der Waals surface area contributed by atoms with E-state index in [1.54, 1.807) is 0 Å². The van der Waals surface area contributed by atoms with E-state index in [9.17, 15) is 31.5 Å². The van der Waals surface area contributed by atoms with Crippen molar-refractivity contribution in [2.75, 3.05) is 5.32 Å². The molecule has 3 N–H and O–H groups in total. The molecule has 3 rings (SSSR count). The molecule has 1 aliphatic carbocycles. The molecule has 0 bridgehead atoms. The van der Waals surface area contributed by atoms with Crippen LogP contribution < -0.4 is 11.1 Å². The van der Waals surface area contributed by atoms with Crippen molar-refractivity contribution < 1.29 is 31.5 Å². The molecule has 31 heavy (non-hydrogen) atoms. The number of hydrogen-bond acceptors (Lipinski definition) is 4. The van der Waals surface area contributed by atoms with Crippen LogP contribution in [0.2, 0.25) is 5.15 Å². The number of anilines is 1. The largest absolute Gasteiger partial charge is 0.421 e. The van der Waals surface area contributed by atoms with Gasteiger partial charge in [0.15, 0.2) is 5.15 Å². The van der Waals surface area contributed by atoms with E-state index in [-0.39, 0.29) is 30.8 Å². The minimum absolute atomic E-state index is 0.0249. The zero-order chi connectivity index (χ0) is 23.0. The van der Waals surface area contributed by atoms with Gasteiger partial charge in [-0.3, -0.25) is 19.3 Å². The first-order valence-electron chi connectivity index (χ1n) is 9.16. The molecule has 1 aliphatic rings. The van der Waals surface area contributed by atoms with Gasteiger partial charge in [-0.05, 0) is 30.9 Å². The lowest BCUT2D eigenvalue weighted by molar-refractivity contribution is -0.137. The van der Waals surface area contributed by atoms with Crippen LogP contribution in [-0.2, 0) is 12.7 Å². The van der Waals surface area contributed by atoms with Crippen molar-refractivity contribution >= 4 is 29.1 Å². The summed E-state index contributed by atoms with van der Waals surface area (Å²) in [5.41, 5.74) is 2.59. The number of nitrogens with one attached hydrogen (secondary N) is 1. The Bertz CT molecular complexity index is 998. The smallest absolute Gasteiger partial charge is 0.364 e. The first-order valence-corrected chi connectivity index (χ1v) is 9.54. The number of amides is 2. The Balaban J connectivity index is 1.92. The monoisotopic (exact) mass is 465 g/mol. The molecule has 0 atom stereocenters. The van der Waals surface area contributed by atoms with Gasteiger partial charge in [0.1, 0.15) is 17.0 Å². The molecule has 0 aliphatic heterocycles. The van der Waals surface area contributed by atoms with Crippen molar-refractivity contribution in [1.29, 1.82) is 0 Å². The molecule has 0 aromatic carbocycles. The predicted molar refractivity (Wildman–Crippen MR) is 99.9 cm³/mol. The van der Waals surface area contributed by atoms with Gasteiger partial charge in [0.2, 0.25) is 5.92 Å². The summed E-state index contributed by atoms with van der Waals surface area (Å²) in [5, 5.41) is 4.96. The third-order valence-corrected chi connectivity index (χ3v) is 5.21. The minimum atomic E-state index is -4.99. The molecule has 2 aromatic heterocycles. The molecule has 2 amide bonds. The number of alkyl halides is 5. The molecular formula is C18H17ClF5N5O2. The number of pyridine rings is 1. The second-order valence-corrected chi connectivity index (χ2v) is 7.60. The van der Waals surface area contributed by atoms with Gasteiger partial charge in [0.25, 0.3) is 11.8 Å². The van der Waals surface area contributed by atoms with Crippen molar-refractivity contribution in [3.8, 4) is 0 Å². The fourth-order valence-electron chi connectivity index (χ4n) is 3.41. The Morgan fingerprint density at radius 1 is 1.29 bits per heavy atom. The summed E-state index contributed by atoms with van der Waals surface area (Å²) in [6.45, 7) is -0.183. The zero-order valence-corrected chi connectivity index (χ0v) is 16.6. The van der Waals surface area contributed by atoms with Crippen LogP contribution in [0.1, 0.15) is 52.2 Å². The van der Waals surface area contributed by atoms with E-state index in [4.69, 9.17) is 17.3 Å². The topological polar surface area (TPSA) is 103 Å². The number of halogens is 6. The molecule has 2 aromatic rings. The fraction of sp³-hybridized carbons (Fsp3) is 0.444. The van der Waals surface area contributed by atoms with Gasteiger partial charge < -0.3 is 11.1 Å². The Hall–Kier alpha value is -2.76. The van der Waals surface area contributed by atoms with Crippen molar-refractivity contribution in [3.05, 3.63) is 40.4 Å². The predicted octanol–water partition coefficient (Wildman–Crippen LogP) is 4.13. The van der Waals surface area contributed by atoms with Crippen LogP contribution in [0.5, 0.6) is 0 Å². The average Bonchev–Trinajstić information content (AvgIpc) is 3.00. The molecule has 13 heteroatoms. The van der Waals surface area contributed by atoms with E-state index >= 15 is 0 Å². The summed E-state index contributed by atoms with van der Waals surface area (Å²) in [5.74, 6) is -5.29. The number of primary amides is 1. The lowest BCUT2D eigenvalue weighted by atomic mass is 9.87. The second kappa shape index (κ2) is 8.40. The van der Waals surface area contributed by atoms with Gasteiger partial charge in [-0.1, -0.05) is 11.6 Å². The molecule has 168 valence electrons. The SMILES string of the molecule is NC(=O)c1cc(NC(=O)c2c(C(F)(F)F)c(Cl)nn2CC2CCC(F)(F)CC2)ccn1. The molecule has 1 fully saturated rings. The third kappa shape index (κ3) is 5.30. The number of rotatable bonds is 5. The Morgan fingerprint density at radius 2 is 1.94 bits per heavy atom. The van der Waals surface area contributed by atoms with Crippen molar-refractivity contribution in [2.24, 2.45) is 11.7 Å². The summed E-state index contributed by atoms with van der Waals surface area (Å²) >= 11 is 5.69. The Morgan fingerprint density at radius 3 is 2.52 bits per heavy atom. The van der Waals surface area contributed by atoms with Crippen LogP contribution in [0.15, 0.2) is 18.3 Å². The van der Waals surface area contributed by atoms with Gasteiger partial charge in [-0.15, -0.1) is 0 Å². The quantitative estimate of drug-likeness (QED) is 0.648. The normalized spacial score (nSPS) is 16.8. The summed E-state index contributed by atoms with van der Waals surface area (Å²) in [4.78, 5) is 27.7. The van der Waals surface area contributed by atoms with Crippen LogP contribution >= 0.6 is 11.6 Å². The van der Waals surface area contributed by atoms with Crippen LogP contribution in [0.3, 0.4) is 0 Å². The molecule has 1 saturated carbocycles. The fourth-order valence-corrected chi connectivity index (χ4v) is 3.70. The lowest BCUT2D eigenvalue weighted by Gasteiger charge is -2.28. The average molecular weight is 466 g/mol. The maximum atomic E-state index is 13.6. The molecule has 0 spiro atoms. The first-order chi connectivity index (χ1) is 14.4. The maximum Gasteiger partial charge on any atom is 0.421 e. The highest BCUT2D eigenvalue weighted by Gasteiger charge is 2.43. The molecule has 0 unspecified atom stereocenters. The van der Waals surface area contributed by atoms with Crippen molar-refractivity contribution in [2.45, 2.75) is 44.3 Å². The number of carbonyl (C=O) groups excluding carboxylic acids is 2. The van der Waals surface area contributed by atoms with Crippen molar-refractivity contribution in [3.63, 3.8) is 0 Å². The summed E-state index contributed by atoms with van der Waals surface area (Å²) < 4.78 is 68.3. The molecule has 0 radical (unpaired) electrons. The van der Waals surface area contributed by atoms with E-state index < -0.39 is 59.1 Å². The minimum Gasteiger partial charge on any atom is -0.364 e. The second-order valence-electron chi connectivity index (χ2n) is 7.24. The number of carbonyl (C=O) groups is 2. The Kier molecular flexibility index (Phi) is 6.21.